The van der Waals surface area contributed by atoms with E-state index in [2.05, 4.69) is 9.97 Å². The molecule has 0 unspecified atom stereocenters. The normalized spacial score (nSPS) is 11.5. The standard InChI is InChI=1S/C11H6F4N2/c12-8-2-1-4-17-10(8)7-3-5-16-9(6-7)11(13,14)15/h1-6H. The summed E-state index contributed by atoms with van der Waals surface area (Å²) in [5, 5.41) is 0. The lowest BCUT2D eigenvalue weighted by Crippen LogP contribution is -2.07. The summed E-state index contributed by atoms with van der Waals surface area (Å²) in [6, 6.07) is 4.55. The number of hydrogen-bond acceptors (Lipinski definition) is 2. The van der Waals surface area contributed by atoms with Crippen LogP contribution in [0.3, 0.4) is 0 Å². The van der Waals surface area contributed by atoms with Gasteiger partial charge < -0.3 is 0 Å². The highest BCUT2D eigenvalue weighted by Gasteiger charge is 2.32. The van der Waals surface area contributed by atoms with Crippen molar-refractivity contribution in [3.8, 4) is 11.3 Å². The van der Waals surface area contributed by atoms with Gasteiger partial charge in [0.2, 0.25) is 0 Å². The molecule has 2 rings (SSSR count). The summed E-state index contributed by atoms with van der Waals surface area (Å²) in [5.74, 6) is -0.674. The molecule has 2 heterocycles. The molecule has 0 saturated heterocycles. The maximum Gasteiger partial charge on any atom is 0.433 e. The SMILES string of the molecule is Fc1cccnc1-c1ccnc(C(F)(F)F)c1. The van der Waals surface area contributed by atoms with Gasteiger partial charge in [0.05, 0.1) is 0 Å². The third-order valence-electron chi connectivity index (χ3n) is 2.08. The summed E-state index contributed by atoms with van der Waals surface area (Å²) in [6.45, 7) is 0. The Morgan fingerprint density at radius 3 is 2.41 bits per heavy atom. The zero-order valence-electron chi connectivity index (χ0n) is 8.37. The molecule has 17 heavy (non-hydrogen) atoms. The van der Waals surface area contributed by atoms with Crippen molar-refractivity contribution in [2.45, 2.75) is 6.18 Å². The molecule has 0 fully saturated rings. The largest absolute Gasteiger partial charge is 0.433 e. The zero-order chi connectivity index (χ0) is 12.5. The number of halogens is 4. The van der Waals surface area contributed by atoms with Gasteiger partial charge in [-0.2, -0.15) is 13.2 Å². The van der Waals surface area contributed by atoms with Crippen molar-refractivity contribution in [1.29, 1.82) is 0 Å². The van der Waals surface area contributed by atoms with Crippen LogP contribution in [0.15, 0.2) is 36.7 Å². The monoisotopic (exact) mass is 242 g/mol. The molecule has 0 saturated carbocycles. The maximum atomic E-state index is 13.3. The van der Waals surface area contributed by atoms with Gasteiger partial charge in [0.25, 0.3) is 0 Å². The minimum absolute atomic E-state index is 0.0467. The van der Waals surface area contributed by atoms with Crippen LogP contribution in [0.25, 0.3) is 11.3 Å². The number of aromatic nitrogens is 2. The molecular formula is C11H6F4N2. The third-order valence-corrected chi connectivity index (χ3v) is 2.08. The summed E-state index contributed by atoms with van der Waals surface area (Å²) >= 11 is 0. The van der Waals surface area contributed by atoms with E-state index in [4.69, 9.17) is 0 Å². The molecule has 0 amide bonds. The molecule has 0 N–H and O–H groups in total. The predicted octanol–water partition coefficient (Wildman–Crippen LogP) is 3.30. The van der Waals surface area contributed by atoms with Gasteiger partial charge >= 0.3 is 6.18 Å². The molecule has 2 aromatic rings. The second-order valence-electron chi connectivity index (χ2n) is 3.26. The summed E-state index contributed by atoms with van der Waals surface area (Å²) < 4.78 is 50.6. The van der Waals surface area contributed by atoms with E-state index in [0.29, 0.717) is 0 Å². The molecule has 0 aliphatic rings. The van der Waals surface area contributed by atoms with Crippen molar-refractivity contribution < 1.29 is 17.6 Å². The maximum absolute atomic E-state index is 13.3. The van der Waals surface area contributed by atoms with Crippen LogP contribution >= 0.6 is 0 Å². The molecular weight excluding hydrogens is 236 g/mol. The predicted molar refractivity (Wildman–Crippen MR) is 52.4 cm³/mol. The molecule has 2 nitrogen and oxygen atoms in total. The molecule has 0 aromatic carbocycles. The first-order chi connectivity index (χ1) is 7.98. The lowest BCUT2D eigenvalue weighted by atomic mass is 10.1. The van der Waals surface area contributed by atoms with E-state index in [1.807, 2.05) is 0 Å². The van der Waals surface area contributed by atoms with E-state index in [0.717, 1.165) is 18.3 Å². The van der Waals surface area contributed by atoms with Crippen LogP contribution in [0.4, 0.5) is 17.6 Å². The van der Waals surface area contributed by atoms with E-state index in [1.54, 1.807) is 0 Å². The molecule has 6 heteroatoms. The molecule has 0 aliphatic carbocycles. The topological polar surface area (TPSA) is 25.8 Å². The Morgan fingerprint density at radius 2 is 1.76 bits per heavy atom. The Labute approximate surface area is 94.0 Å². The lowest BCUT2D eigenvalue weighted by molar-refractivity contribution is -0.141. The van der Waals surface area contributed by atoms with Gasteiger partial charge in [0.1, 0.15) is 17.2 Å². The van der Waals surface area contributed by atoms with Crippen molar-refractivity contribution >= 4 is 0 Å². The van der Waals surface area contributed by atoms with E-state index < -0.39 is 17.7 Å². The fraction of sp³-hybridized carbons (Fsp3) is 0.0909. The van der Waals surface area contributed by atoms with E-state index in [-0.39, 0.29) is 11.3 Å². The fourth-order valence-electron chi connectivity index (χ4n) is 1.33. The van der Waals surface area contributed by atoms with Gasteiger partial charge in [-0.05, 0) is 24.3 Å². The van der Waals surface area contributed by atoms with E-state index in [1.165, 1.54) is 18.3 Å². The second-order valence-corrected chi connectivity index (χ2v) is 3.26. The molecule has 0 radical (unpaired) electrons. The lowest BCUT2D eigenvalue weighted by Gasteiger charge is -2.07. The Kier molecular flexibility index (Phi) is 2.79. The summed E-state index contributed by atoms with van der Waals surface area (Å²) in [5.41, 5.74) is -1.15. The van der Waals surface area contributed by atoms with Gasteiger partial charge in [0, 0.05) is 18.0 Å². The Bertz CT molecular complexity index is 537. The Morgan fingerprint density at radius 1 is 1.00 bits per heavy atom. The van der Waals surface area contributed by atoms with Crippen LogP contribution in [0.1, 0.15) is 5.69 Å². The van der Waals surface area contributed by atoms with Gasteiger partial charge in [-0.3, -0.25) is 9.97 Å². The quantitative estimate of drug-likeness (QED) is 0.717. The van der Waals surface area contributed by atoms with Crippen molar-refractivity contribution in [1.82, 2.24) is 9.97 Å². The number of hydrogen-bond donors (Lipinski definition) is 0. The second kappa shape index (κ2) is 4.12. The van der Waals surface area contributed by atoms with Crippen LogP contribution in [-0.4, -0.2) is 9.97 Å². The van der Waals surface area contributed by atoms with Crippen molar-refractivity contribution in [3.05, 3.63) is 48.2 Å². The summed E-state index contributed by atoms with van der Waals surface area (Å²) in [7, 11) is 0. The van der Waals surface area contributed by atoms with Gasteiger partial charge in [-0.1, -0.05) is 0 Å². The minimum atomic E-state index is -4.55. The summed E-state index contributed by atoms with van der Waals surface area (Å²) in [6.07, 6.45) is -2.26. The number of pyridine rings is 2. The van der Waals surface area contributed by atoms with Gasteiger partial charge in [0.15, 0.2) is 0 Å². The van der Waals surface area contributed by atoms with E-state index >= 15 is 0 Å². The number of alkyl halides is 3. The third kappa shape index (κ3) is 2.41. The molecule has 2 aromatic heterocycles. The first-order valence-corrected chi connectivity index (χ1v) is 4.62. The molecule has 88 valence electrons. The first-order valence-electron chi connectivity index (χ1n) is 4.62. The number of rotatable bonds is 1. The van der Waals surface area contributed by atoms with Crippen LogP contribution < -0.4 is 0 Å². The number of nitrogens with zero attached hydrogens (tertiary/aromatic N) is 2. The molecule has 0 bridgehead atoms. The minimum Gasteiger partial charge on any atom is -0.253 e. The molecule has 0 spiro atoms. The zero-order valence-corrected chi connectivity index (χ0v) is 8.37. The Balaban J connectivity index is 2.51. The van der Waals surface area contributed by atoms with E-state index in [9.17, 15) is 17.6 Å². The van der Waals surface area contributed by atoms with Crippen molar-refractivity contribution in [3.63, 3.8) is 0 Å². The van der Waals surface area contributed by atoms with Gasteiger partial charge in [-0.15, -0.1) is 0 Å². The Hall–Kier alpha value is -1.98. The van der Waals surface area contributed by atoms with Crippen LogP contribution in [-0.2, 0) is 6.18 Å². The fourth-order valence-corrected chi connectivity index (χ4v) is 1.33. The summed E-state index contributed by atoms with van der Waals surface area (Å²) in [4.78, 5) is 6.89. The highest BCUT2D eigenvalue weighted by molar-refractivity contribution is 5.59. The van der Waals surface area contributed by atoms with Crippen molar-refractivity contribution in [2.24, 2.45) is 0 Å². The van der Waals surface area contributed by atoms with Crippen LogP contribution in [0.2, 0.25) is 0 Å². The molecule has 0 aliphatic heterocycles. The first kappa shape index (κ1) is 11.5. The average Bonchev–Trinajstić information content (AvgIpc) is 2.29. The van der Waals surface area contributed by atoms with Crippen LogP contribution in [0, 0.1) is 5.82 Å². The smallest absolute Gasteiger partial charge is 0.253 e. The highest BCUT2D eigenvalue weighted by Crippen LogP contribution is 2.30. The van der Waals surface area contributed by atoms with Gasteiger partial charge in [-0.25, -0.2) is 4.39 Å². The van der Waals surface area contributed by atoms with Crippen LogP contribution in [0.5, 0.6) is 0 Å². The highest BCUT2D eigenvalue weighted by atomic mass is 19.4. The van der Waals surface area contributed by atoms with Crippen molar-refractivity contribution in [2.75, 3.05) is 0 Å². The molecule has 0 atom stereocenters. The average molecular weight is 242 g/mol.